The molecule has 7 heteroatoms. The molecule has 17 heavy (non-hydrogen) atoms. The second-order valence-electron chi connectivity index (χ2n) is 3.28. The monoisotopic (exact) mass is 233 g/mol. The minimum atomic E-state index is -0.472. The van der Waals surface area contributed by atoms with E-state index >= 15 is 0 Å². The van der Waals surface area contributed by atoms with Crippen molar-refractivity contribution in [3.63, 3.8) is 0 Å². The summed E-state index contributed by atoms with van der Waals surface area (Å²) < 4.78 is 1.37. The molecule has 0 saturated heterocycles. The van der Waals surface area contributed by atoms with Crippen molar-refractivity contribution in [3.05, 3.63) is 40.7 Å². The van der Waals surface area contributed by atoms with Crippen molar-refractivity contribution < 1.29 is 4.92 Å². The van der Waals surface area contributed by atoms with Crippen LogP contribution in [0, 0.1) is 10.1 Å². The van der Waals surface area contributed by atoms with E-state index in [4.69, 9.17) is 0 Å². The molecule has 0 aliphatic heterocycles. The Kier molecular flexibility index (Phi) is 2.99. The fourth-order valence-corrected chi connectivity index (χ4v) is 1.43. The van der Waals surface area contributed by atoms with Crippen LogP contribution in [0.5, 0.6) is 0 Å². The topological polar surface area (TPSA) is 85.9 Å². The van der Waals surface area contributed by atoms with Crippen molar-refractivity contribution in [2.24, 2.45) is 0 Å². The summed E-state index contributed by atoms with van der Waals surface area (Å²) in [6.45, 7) is 2.63. The summed E-state index contributed by atoms with van der Waals surface area (Å²) in [6, 6.07) is 4.68. The van der Waals surface area contributed by atoms with E-state index in [1.165, 1.54) is 10.7 Å². The highest BCUT2D eigenvalue weighted by atomic mass is 16.6. The smallest absolute Gasteiger partial charge is 0.313 e. The molecular formula is C10H11N5O2. The van der Waals surface area contributed by atoms with Crippen LogP contribution < -0.4 is 5.32 Å². The van der Waals surface area contributed by atoms with E-state index in [1.807, 2.05) is 6.92 Å². The Morgan fingerprint density at radius 3 is 2.94 bits per heavy atom. The summed E-state index contributed by atoms with van der Waals surface area (Å²) in [4.78, 5) is 14.6. The zero-order valence-electron chi connectivity index (χ0n) is 9.20. The summed E-state index contributed by atoms with van der Waals surface area (Å²) in [7, 11) is 0. The third kappa shape index (κ3) is 2.22. The molecule has 0 unspecified atom stereocenters. The highest BCUT2D eigenvalue weighted by molar-refractivity contribution is 5.52. The normalized spacial score (nSPS) is 10.2. The van der Waals surface area contributed by atoms with E-state index in [0.717, 1.165) is 0 Å². The summed E-state index contributed by atoms with van der Waals surface area (Å²) in [5.74, 6) is 0.794. The lowest BCUT2D eigenvalue weighted by atomic mass is 10.3. The van der Waals surface area contributed by atoms with Crippen LogP contribution >= 0.6 is 0 Å². The number of nitrogens with zero attached hydrogens (tertiary/aromatic N) is 4. The predicted octanol–water partition coefficient (Wildman–Crippen LogP) is 1.61. The lowest BCUT2D eigenvalue weighted by Gasteiger charge is -2.06. The van der Waals surface area contributed by atoms with Gasteiger partial charge in [0.2, 0.25) is 5.82 Å². The molecule has 2 heterocycles. The van der Waals surface area contributed by atoms with Crippen LogP contribution in [-0.4, -0.2) is 26.2 Å². The fourth-order valence-electron chi connectivity index (χ4n) is 1.43. The molecule has 0 atom stereocenters. The summed E-state index contributed by atoms with van der Waals surface area (Å²) in [5, 5.41) is 17.8. The van der Waals surface area contributed by atoms with Crippen LogP contribution in [-0.2, 0) is 0 Å². The Labute approximate surface area is 97.2 Å². The van der Waals surface area contributed by atoms with Crippen molar-refractivity contribution in [2.75, 3.05) is 11.9 Å². The first kappa shape index (κ1) is 11.1. The largest absolute Gasteiger partial charge is 0.370 e. The van der Waals surface area contributed by atoms with E-state index in [9.17, 15) is 10.1 Å². The molecule has 2 aromatic heterocycles. The Morgan fingerprint density at radius 2 is 2.35 bits per heavy atom. The summed E-state index contributed by atoms with van der Waals surface area (Å²) in [5.41, 5.74) is -0.0737. The van der Waals surface area contributed by atoms with Gasteiger partial charge < -0.3 is 5.32 Å². The van der Waals surface area contributed by atoms with Gasteiger partial charge in [-0.15, -0.1) is 0 Å². The average molecular weight is 233 g/mol. The van der Waals surface area contributed by atoms with Crippen molar-refractivity contribution in [1.29, 1.82) is 0 Å². The van der Waals surface area contributed by atoms with Crippen molar-refractivity contribution in [1.82, 2.24) is 14.8 Å². The van der Waals surface area contributed by atoms with Gasteiger partial charge in [-0.2, -0.15) is 5.10 Å². The molecule has 0 aliphatic carbocycles. The van der Waals surface area contributed by atoms with Gasteiger partial charge in [-0.1, -0.05) is 0 Å². The molecule has 88 valence electrons. The van der Waals surface area contributed by atoms with Gasteiger partial charge in [-0.25, -0.2) is 9.67 Å². The maximum absolute atomic E-state index is 10.9. The van der Waals surface area contributed by atoms with E-state index in [2.05, 4.69) is 15.4 Å². The van der Waals surface area contributed by atoms with Crippen molar-refractivity contribution >= 4 is 11.5 Å². The van der Waals surface area contributed by atoms with Crippen LogP contribution in [0.2, 0.25) is 0 Å². The molecule has 0 saturated carbocycles. The maximum atomic E-state index is 10.9. The lowest BCUT2D eigenvalue weighted by molar-refractivity contribution is -0.384. The molecule has 0 amide bonds. The van der Waals surface area contributed by atoms with Crippen LogP contribution in [0.4, 0.5) is 11.5 Å². The Balaban J connectivity index is 2.52. The number of nitro groups is 1. The minimum absolute atomic E-state index is 0.0737. The number of nitrogens with one attached hydrogen (secondary N) is 1. The van der Waals surface area contributed by atoms with Gasteiger partial charge in [0.15, 0.2) is 0 Å². The van der Waals surface area contributed by atoms with E-state index in [0.29, 0.717) is 12.4 Å². The van der Waals surface area contributed by atoms with Gasteiger partial charge in [-0.05, 0) is 19.1 Å². The van der Waals surface area contributed by atoms with E-state index in [1.54, 1.807) is 24.5 Å². The lowest BCUT2D eigenvalue weighted by Crippen LogP contribution is -2.07. The third-order valence-corrected chi connectivity index (χ3v) is 2.13. The SMILES string of the molecule is CCNc1ccc([N+](=O)[O-])c(-n2cccn2)n1. The van der Waals surface area contributed by atoms with Crippen molar-refractivity contribution in [2.45, 2.75) is 6.92 Å². The first-order valence-corrected chi connectivity index (χ1v) is 5.11. The zero-order valence-corrected chi connectivity index (χ0v) is 9.20. The molecule has 0 radical (unpaired) electrons. The maximum Gasteiger partial charge on any atom is 0.313 e. The molecule has 0 aromatic carbocycles. The second-order valence-corrected chi connectivity index (χ2v) is 3.28. The number of hydrogen-bond donors (Lipinski definition) is 1. The number of aromatic nitrogens is 3. The number of anilines is 1. The molecule has 2 aromatic rings. The molecule has 0 fully saturated rings. The van der Waals surface area contributed by atoms with Gasteiger partial charge in [-0.3, -0.25) is 10.1 Å². The predicted molar refractivity (Wildman–Crippen MR) is 62.2 cm³/mol. The summed E-state index contributed by atoms with van der Waals surface area (Å²) in [6.07, 6.45) is 3.16. The van der Waals surface area contributed by atoms with Gasteiger partial charge in [0.05, 0.1) is 4.92 Å². The number of hydrogen-bond acceptors (Lipinski definition) is 5. The van der Waals surface area contributed by atoms with Crippen LogP contribution in [0.25, 0.3) is 5.82 Å². The quantitative estimate of drug-likeness (QED) is 0.640. The first-order chi connectivity index (χ1) is 8.22. The Morgan fingerprint density at radius 1 is 1.53 bits per heavy atom. The minimum Gasteiger partial charge on any atom is -0.370 e. The molecule has 1 N–H and O–H groups in total. The molecule has 7 nitrogen and oxygen atoms in total. The second kappa shape index (κ2) is 4.60. The molecule has 0 bridgehead atoms. The highest BCUT2D eigenvalue weighted by Crippen LogP contribution is 2.21. The molecule has 2 rings (SSSR count). The zero-order chi connectivity index (χ0) is 12.3. The third-order valence-electron chi connectivity index (χ3n) is 2.13. The standard InChI is InChI=1S/C10H11N5O2/c1-2-11-9-5-4-8(15(16)17)10(13-9)14-7-3-6-12-14/h3-7H,2H2,1H3,(H,11,13). The molecule has 0 spiro atoms. The van der Waals surface area contributed by atoms with Gasteiger partial charge in [0.25, 0.3) is 0 Å². The Hall–Kier alpha value is -2.44. The highest BCUT2D eigenvalue weighted by Gasteiger charge is 2.17. The van der Waals surface area contributed by atoms with Gasteiger partial charge >= 0.3 is 5.69 Å². The van der Waals surface area contributed by atoms with Gasteiger partial charge in [0.1, 0.15) is 5.82 Å². The summed E-state index contributed by atoms with van der Waals surface area (Å²) >= 11 is 0. The van der Waals surface area contributed by atoms with E-state index < -0.39 is 4.92 Å². The van der Waals surface area contributed by atoms with Crippen molar-refractivity contribution in [3.8, 4) is 5.82 Å². The van der Waals surface area contributed by atoms with Crippen LogP contribution in [0.15, 0.2) is 30.6 Å². The Bertz CT molecular complexity index is 523. The molecular weight excluding hydrogens is 222 g/mol. The molecule has 0 aliphatic rings. The van der Waals surface area contributed by atoms with Crippen LogP contribution in [0.1, 0.15) is 6.92 Å². The fraction of sp³-hybridized carbons (Fsp3) is 0.200. The number of pyridine rings is 1. The van der Waals surface area contributed by atoms with Gasteiger partial charge in [0, 0.05) is 25.0 Å². The first-order valence-electron chi connectivity index (χ1n) is 5.11. The average Bonchev–Trinajstić information content (AvgIpc) is 2.82. The van der Waals surface area contributed by atoms with E-state index in [-0.39, 0.29) is 11.5 Å². The van der Waals surface area contributed by atoms with Crippen LogP contribution in [0.3, 0.4) is 0 Å². The number of rotatable bonds is 4.